The molecule has 32 heavy (non-hydrogen) atoms. The van der Waals surface area contributed by atoms with Crippen molar-refractivity contribution in [2.75, 3.05) is 29.0 Å². The molecule has 0 aliphatic carbocycles. The lowest BCUT2D eigenvalue weighted by atomic mass is 9.91. The number of carbonyl (C=O) groups excluding carboxylic acids is 2. The predicted molar refractivity (Wildman–Crippen MR) is 127 cm³/mol. The van der Waals surface area contributed by atoms with Crippen LogP contribution in [0.4, 0.5) is 21.9 Å². The van der Waals surface area contributed by atoms with Crippen LogP contribution < -0.4 is 20.7 Å². The van der Waals surface area contributed by atoms with E-state index in [1.54, 1.807) is 11.0 Å². The maximum absolute atomic E-state index is 12.8. The summed E-state index contributed by atoms with van der Waals surface area (Å²) >= 11 is 0. The highest BCUT2D eigenvalue weighted by Gasteiger charge is 2.34. The molecule has 2 aromatic carbocycles. The molecule has 2 aliphatic heterocycles. The minimum atomic E-state index is -0.372. The number of nitrogens with zero attached hydrogens (tertiary/aromatic N) is 2. The normalized spacial score (nSPS) is 19.9. The molecule has 0 radical (unpaired) electrons. The number of hydrogen-bond acceptors (Lipinski definition) is 5. The number of ether oxygens (including phenoxy) is 1. The summed E-state index contributed by atoms with van der Waals surface area (Å²) < 4.78 is 5.66. The quantitative estimate of drug-likeness (QED) is 0.537. The van der Waals surface area contributed by atoms with Gasteiger partial charge in [-0.05, 0) is 55.7 Å². The van der Waals surface area contributed by atoms with Crippen molar-refractivity contribution in [3.8, 4) is 5.75 Å². The molecule has 0 aromatic heterocycles. The Morgan fingerprint density at radius 1 is 1.16 bits per heavy atom. The largest absolute Gasteiger partial charge is 0.415 e. The van der Waals surface area contributed by atoms with E-state index in [1.165, 1.54) is 0 Å². The van der Waals surface area contributed by atoms with Crippen LogP contribution in [-0.2, 0) is 4.79 Å². The highest BCUT2D eigenvalue weighted by molar-refractivity contribution is 5.95. The first-order valence-corrected chi connectivity index (χ1v) is 11.2. The van der Waals surface area contributed by atoms with Crippen molar-refractivity contribution in [3.05, 3.63) is 60.2 Å². The summed E-state index contributed by atoms with van der Waals surface area (Å²) in [5.74, 6) is 0.492. The van der Waals surface area contributed by atoms with Gasteiger partial charge >= 0.3 is 6.09 Å². The van der Waals surface area contributed by atoms with Crippen LogP contribution in [-0.4, -0.2) is 36.0 Å². The van der Waals surface area contributed by atoms with Crippen molar-refractivity contribution in [3.63, 3.8) is 0 Å². The Balaban J connectivity index is 1.63. The van der Waals surface area contributed by atoms with Gasteiger partial charge in [-0.2, -0.15) is 0 Å². The SMILES string of the molecule is CCC(=O)N1c2cc(OC(=O)N3CC=CCC3)ccc2C(Nc2ccc(N)cc2)CC1C. The molecule has 0 fully saturated rings. The Labute approximate surface area is 188 Å². The molecule has 168 valence electrons. The summed E-state index contributed by atoms with van der Waals surface area (Å²) in [5, 5.41) is 3.57. The van der Waals surface area contributed by atoms with Crippen LogP contribution in [0, 0.1) is 0 Å². The Kier molecular flexibility index (Phi) is 6.35. The van der Waals surface area contributed by atoms with Crippen LogP contribution in [0.5, 0.6) is 5.75 Å². The van der Waals surface area contributed by atoms with Crippen LogP contribution >= 0.6 is 0 Å². The third-order valence-electron chi connectivity index (χ3n) is 6.00. The molecule has 0 bridgehead atoms. The highest BCUT2D eigenvalue weighted by atomic mass is 16.6. The van der Waals surface area contributed by atoms with Crippen molar-refractivity contribution >= 4 is 29.1 Å². The molecule has 0 saturated heterocycles. The molecule has 2 aliphatic rings. The third kappa shape index (κ3) is 4.56. The van der Waals surface area contributed by atoms with E-state index in [4.69, 9.17) is 10.5 Å². The maximum Gasteiger partial charge on any atom is 0.415 e. The van der Waals surface area contributed by atoms with Gasteiger partial charge in [0, 0.05) is 43.0 Å². The van der Waals surface area contributed by atoms with Gasteiger partial charge in [0.25, 0.3) is 0 Å². The molecule has 2 aromatic rings. The lowest BCUT2D eigenvalue weighted by molar-refractivity contribution is -0.118. The van der Waals surface area contributed by atoms with Crippen molar-refractivity contribution < 1.29 is 14.3 Å². The Bertz CT molecular complexity index is 1020. The topological polar surface area (TPSA) is 87.9 Å². The first-order valence-electron chi connectivity index (χ1n) is 11.2. The standard InChI is InChI=1S/C25H30N4O3/c1-3-24(30)29-17(2)15-22(27-19-9-7-18(26)8-10-19)21-12-11-20(16-23(21)29)32-25(31)28-13-5-4-6-14-28/h4-5,7-12,16-17,22,27H,3,6,13-15,26H2,1-2H3. The molecular weight excluding hydrogens is 404 g/mol. The van der Waals surface area contributed by atoms with Gasteiger partial charge in [-0.1, -0.05) is 25.1 Å². The average molecular weight is 435 g/mol. The number of anilines is 3. The van der Waals surface area contributed by atoms with E-state index in [-0.39, 0.29) is 24.1 Å². The van der Waals surface area contributed by atoms with E-state index >= 15 is 0 Å². The van der Waals surface area contributed by atoms with E-state index in [9.17, 15) is 9.59 Å². The van der Waals surface area contributed by atoms with Gasteiger partial charge in [0.1, 0.15) is 5.75 Å². The van der Waals surface area contributed by atoms with Crippen LogP contribution in [0.1, 0.15) is 44.7 Å². The molecule has 7 nitrogen and oxygen atoms in total. The minimum absolute atomic E-state index is 0.000542. The zero-order chi connectivity index (χ0) is 22.7. The van der Waals surface area contributed by atoms with Gasteiger partial charge < -0.3 is 25.6 Å². The number of amides is 2. The predicted octanol–water partition coefficient (Wildman–Crippen LogP) is 4.72. The van der Waals surface area contributed by atoms with Crippen LogP contribution in [0.15, 0.2) is 54.6 Å². The second kappa shape index (κ2) is 9.34. The van der Waals surface area contributed by atoms with Crippen molar-refractivity contribution in [1.29, 1.82) is 0 Å². The fraction of sp³-hybridized carbons (Fsp3) is 0.360. The second-order valence-corrected chi connectivity index (χ2v) is 8.32. The molecular formula is C25H30N4O3. The number of nitrogens with one attached hydrogen (secondary N) is 1. The third-order valence-corrected chi connectivity index (χ3v) is 6.00. The van der Waals surface area contributed by atoms with Crippen LogP contribution in [0.3, 0.4) is 0 Å². The van der Waals surface area contributed by atoms with Crippen molar-refractivity contribution in [2.24, 2.45) is 0 Å². The number of rotatable bonds is 4. The smallest absolute Gasteiger partial charge is 0.410 e. The lowest BCUT2D eigenvalue weighted by Gasteiger charge is -2.40. The van der Waals surface area contributed by atoms with Crippen LogP contribution in [0.2, 0.25) is 0 Å². The molecule has 2 unspecified atom stereocenters. The van der Waals surface area contributed by atoms with Gasteiger partial charge in [-0.3, -0.25) is 4.79 Å². The summed E-state index contributed by atoms with van der Waals surface area (Å²) in [7, 11) is 0. The van der Waals surface area contributed by atoms with E-state index in [2.05, 4.69) is 11.4 Å². The van der Waals surface area contributed by atoms with Crippen molar-refractivity contribution in [1.82, 2.24) is 4.90 Å². The Morgan fingerprint density at radius 3 is 2.62 bits per heavy atom. The second-order valence-electron chi connectivity index (χ2n) is 8.32. The van der Waals surface area contributed by atoms with Gasteiger partial charge in [-0.25, -0.2) is 4.79 Å². The average Bonchev–Trinajstić information content (AvgIpc) is 2.80. The maximum atomic E-state index is 12.8. The number of nitrogen functional groups attached to an aromatic ring is 1. The van der Waals surface area contributed by atoms with Gasteiger partial charge in [0.05, 0.1) is 11.7 Å². The zero-order valence-corrected chi connectivity index (χ0v) is 18.6. The highest BCUT2D eigenvalue weighted by Crippen LogP contribution is 2.41. The zero-order valence-electron chi connectivity index (χ0n) is 18.6. The Morgan fingerprint density at radius 2 is 1.94 bits per heavy atom. The van der Waals surface area contributed by atoms with E-state index in [0.717, 1.165) is 29.8 Å². The van der Waals surface area contributed by atoms with Gasteiger partial charge in [-0.15, -0.1) is 0 Å². The molecule has 2 atom stereocenters. The van der Waals surface area contributed by atoms with E-state index < -0.39 is 0 Å². The van der Waals surface area contributed by atoms with E-state index in [1.807, 2.05) is 61.2 Å². The lowest BCUT2D eigenvalue weighted by Crippen LogP contribution is -2.44. The molecule has 7 heteroatoms. The monoisotopic (exact) mass is 434 g/mol. The fourth-order valence-corrected chi connectivity index (χ4v) is 4.34. The van der Waals surface area contributed by atoms with Crippen molar-refractivity contribution in [2.45, 2.75) is 45.2 Å². The summed E-state index contributed by atoms with van der Waals surface area (Å²) in [6.07, 6.45) is 5.66. The summed E-state index contributed by atoms with van der Waals surface area (Å²) in [4.78, 5) is 28.9. The Hall–Kier alpha value is -3.48. The number of carbonyl (C=O) groups is 2. The van der Waals surface area contributed by atoms with E-state index in [0.29, 0.717) is 30.9 Å². The molecule has 2 heterocycles. The molecule has 0 saturated carbocycles. The number of benzene rings is 2. The summed E-state index contributed by atoms with van der Waals surface area (Å²) in [6, 6.07) is 13.2. The van der Waals surface area contributed by atoms with Crippen LogP contribution in [0.25, 0.3) is 0 Å². The first kappa shape index (κ1) is 21.7. The molecule has 3 N–H and O–H groups in total. The fourth-order valence-electron chi connectivity index (χ4n) is 4.34. The van der Waals surface area contributed by atoms with Gasteiger partial charge in [0.2, 0.25) is 5.91 Å². The minimum Gasteiger partial charge on any atom is -0.410 e. The first-order chi connectivity index (χ1) is 15.5. The molecule has 2 amide bonds. The summed E-state index contributed by atoms with van der Waals surface area (Å²) in [6.45, 7) is 5.11. The summed E-state index contributed by atoms with van der Waals surface area (Å²) in [5.41, 5.74) is 9.28. The molecule has 4 rings (SSSR count). The number of nitrogens with two attached hydrogens (primary N) is 1. The molecule has 0 spiro atoms. The van der Waals surface area contributed by atoms with Gasteiger partial charge in [0.15, 0.2) is 0 Å². The number of hydrogen-bond donors (Lipinski definition) is 2. The number of fused-ring (bicyclic) bond motifs is 1.